The Kier molecular flexibility index (Phi) is 4.36. The number of hydrogen-bond acceptors (Lipinski definition) is 4. The third-order valence-corrected chi connectivity index (χ3v) is 4.80. The van der Waals surface area contributed by atoms with E-state index in [0.717, 1.165) is 17.7 Å². The van der Waals surface area contributed by atoms with Gasteiger partial charge in [-0.05, 0) is 42.9 Å². The third kappa shape index (κ3) is 4.04. The number of anilines is 1. The molecule has 2 fully saturated rings. The minimum Gasteiger partial charge on any atom is -0.449 e. The number of carbonyl (C=O) groups is 2. The molecule has 0 radical (unpaired) electrons. The van der Waals surface area contributed by atoms with Gasteiger partial charge in [0.2, 0.25) is 0 Å². The van der Waals surface area contributed by atoms with Crippen molar-refractivity contribution in [2.45, 2.75) is 31.2 Å². The monoisotopic (exact) mass is 354 g/mol. The van der Waals surface area contributed by atoms with Crippen molar-refractivity contribution < 1.29 is 14.3 Å². The molecule has 1 aromatic heterocycles. The topological polar surface area (TPSA) is 85.2 Å². The second-order valence-corrected chi connectivity index (χ2v) is 7.11. The molecule has 0 unspecified atom stereocenters. The zero-order chi connectivity index (χ0) is 18.1. The lowest BCUT2D eigenvalue weighted by molar-refractivity contribution is 0.102. The Hall–Kier alpha value is -2.83. The Morgan fingerprint density at radius 2 is 2.04 bits per heavy atom. The van der Waals surface area contributed by atoms with Crippen LogP contribution in [0.5, 0.6) is 0 Å². The van der Waals surface area contributed by atoms with Crippen LogP contribution in [0, 0.1) is 5.92 Å². The number of carbonyl (C=O) groups excluding carboxylic acids is 2. The minimum absolute atomic E-state index is 0.137. The molecule has 2 aliphatic rings. The van der Waals surface area contributed by atoms with E-state index in [1.165, 1.54) is 19.0 Å². The average Bonchev–Trinajstić information content (AvgIpc) is 3.54. The predicted octanol–water partition coefficient (Wildman–Crippen LogP) is 2.66. The molecule has 26 heavy (non-hydrogen) atoms. The first-order valence-electron chi connectivity index (χ1n) is 8.92. The van der Waals surface area contributed by atoms with Gasteiger partial charge in [-0.15, -0.1) is 0 Å². The summed E-state index contributed by atoms with van der Waals surface area (Å²) >= 11 is 0. The van der Waals surface area contributed by atoms with Crippen LogP contribution in [-0.4, -0.2) is 34.4 Å². The number of rotatable bonds is 6. The van der Waals surface area contributed by atoms with Gasteiger partial charge in [0.25, 0.3) is 5.91 Å². The van der Waals surface area contributed by atoms with Gasteiger partial charge in [0.1, 0.15) is 0 Å². The van der Waals surface area contributed by atoms with Crippen molar-refractivity contribution in [1.82, 2.24) is 15.1 Å². The van der Waals surface area contributed by atoms with Crippen molar-refractivity contribution in [3.8, 4) is 0 Å². The summed E-state index contributed by atoms with van der Waals surface area (Å²) in [5.74, 6) is 0.701. The normalized spacial score (nSPS) is 21.1. The first-order valence-corrected chi connectivity index (χ1v) is 8.92. The second-order valence-electron chi connectivity index (χ2n) is 7.11. The molecular weight excluding hydrogens is 332 g/mol. The number of amides is 2. The fraction of sp³-hybridized carbons (Fsp3) is 0.421. The molecule has 0 aliphatic heterocycles. The maximum atomic E-state index is 12.1. The molecule has 0 saturated heterocycles. The Bertz CT molecular complexity index is 810. The molecule has 2 atom stereocenters. The number of aromatic nitrogens is 2. The van der Waals surface area contributed by atoms with Crippen LogP contribution in [0.1, 0.15) is 41.1 Å². The van der Waals surface area contributed by atoms with Crippen LogP contribution in [0.4, 0.5) is 10.5 Å². The first-order chi connectivity index (χ1) is 12.6. The van der Waals surface area contributed by atoms with Crippen LogP contribution in [0.3, 0.4) is 0 Å². The van der Waals surface area contributed by atoms with E-state index in [1.54, 1.807) is 17.9 Å². The number of hydrogen-bond donors (Lipinski definition) is 2. The predicted molar refractivity (Wildman–Crippen MR) is 96.0 cm³/mol. The van der Waals surface area contributed by atoms with E-state index in [-0.39, 0.29) is 18.0 Å². The second kappa shape index (κ2) is 6.82. The molecular formula is C19H22N4O3. The Balaban J connectivity index is 1.26. The van der Waals surface area contributed by atoms with Gasteiger partial charge in [0, 0.05) is 30.9 Å². The summed E-state index contributed by atoms with van der Waals surface area (Å²) in [7, 11) is 1.77. The van der Waals surface area contributed by atoms with Gasteiger partial charge < -0.3 is 15.4 Å². The number of benzene rings is 1. The van der Waals surface area contributed by atoms with Crippen LogP contribution >= 0.6 is 0 Å². The van der Waals surface area contributed by atoms with Crippen LogP contribution in [-0.2, 0) is 11.8 Å². The lowest BCUT2D eigenvalue weighted by Gasteiger charge is -2.07. The van der Waals surface area contributed by atoms with Gasteiger partial charge in [-0.25, -0.2) is 4.79 Å². The van der Waals surface area contributed by atoms with Crippen molar-refractivity contribution in [2.75, 3.05) is 11.9 Å². The summed E-state index contributed by atoms with van der Waals surface area (Å²) in [5.41, 5.74) is 2.40. The number of ether oxygens (including phenoxy) is 1. The highest BCUT2D eigenvalue weighted by molar-refractivity contribution is 6.03. The Morgan fingerprint density at radius 1 is 1.27 bits per heavy atom. The molecule has 1 aromatic carbocycles. The third-order valence-electron chi connectivity index (χ3n) is 4.80. The van der Waals surface area contributed by atoms with Gasteiger partial charge in [0.15, 0.2) is 0 Å². The van der Waals surface area contributed by atoms with Gasteiger partial charge in [-0.2, -0.15) is 5.10 Å². The number of alkyl carbamates (subject to hydrolysis) is 1. The van der Waals surface area contributed by atoms with Crippen LogP contribution in [0.2, 0.25) is 0 Å². The van der Waals surface area contributed by atoms with E-state index in [1.807, 2.05) is 24.3 Å². The molecule has 2 saturated carbocycles. The lowest BCUT2D eigenvalue weighted by atomic mass is 10.1. The fourth-order valence-electron chi connectivity index (χ4n) is 2.95. The molecule has 0 spiro atoms. The molecule has 136 valence electrons. The Labute approximate surface area is 151 Å². The van der Waals surface area contributed by atoms with Gasteiger partial charge in [-0.3, -0.25) is 9.48 Å². The zero-order valence-electron chi connectivity index (χ0n) is 14.6. The standard InChI is InChI=1S/C19H22N4O3/c1-23-10-14(9-20-23)18(24)21-15-6-4-13(5-7-15)16-8-17(16)22-19(25)26-11-12-2-3-12/h4-7,9-10,12,16-17H,2-3,8,11H2,1H3,(H,21,24)(H,22,25)/t16-,17+/m0/s1. The first kappa shape index (κ1) is 16.6. The highest BCUT2D eigenvalue weighted by atomic mass is 16.5. The molecule has 7 heteroatoms. The van der Waals surface area contributed by atoms with E-state index in [9.17, 15) is 9.59 Å². The zero-order valence-corrected chi connectivity index (χ0v) is 14.6. The highest BCUT2D eigenvalue weighted by Crippen LogP contribution is 2.41. The van der Waals surface area contributed by atoms with Crippen LogP contribution in [0.15, 0.2) is 36.7 Å². The SMILES string of the molecule is Cn1cc(C(=O)Nc2ccc([C@@H]3C[C@H]3NC(=O)OCC3CC3)cc2)cn1. The summed E-state index contributed by atoms with van der Waals surface area (Å²) in [4.78, 5) is 23.8. The van der Waals surface area contributed by atoms with E-state index in [4.69, 9.17) is 4.74 Å². The molecule has 2 amide bonds. The molecule has 2 N–H and O–H groups in total. The van der Waals surface area contributed by atoms with Crippen LogP contribution in [0.25, 0.3) is 0 Å². The van der Waals surface area contributed by atoms with Crippen molar-refractivity contribution in [1.29, 1.82) is 0 Å². The number of aryl methyl sites for hydroxylation is 1. The molecule has 1 heterocycles. The van der Waals surface area contributed by atoms with Crippen LogP contribution < -0.4 is 10.6 Å². The summed E-state index contributed by atoms with van der Waals surface area (Å²) in [6, 6.07) is 7.87. The van der Waals surface area contributed by atoms with Gasteiger partial charge in [-0.1, -0.05) is 12.1 Å². The van der Waals surface area contributed by atoms with Crippen molar-refractivity contribution in [2.24, 2.45) is 13.0 Å². The number of nitrogens with one attached hydrogen (secondary N) is 2. The van der Waals surface area contributed by atoms with E-state index < -0.39 is 0 Å². The minimum atomic E-state index is -0.315. The Morgan fingerprint density at radius 3 is 2.69 bits per heavy atom. The summed E-state index contributed by atoms with van der Waals surface area (Å²) in [5, 5.41) is 9.76. The van der Waals surface area contributed by atoms with Gasteiger partial charge >= 0.3 is 6.09 Å². The maximum Gasteiger partial charge on any atom is 0.407 e. The maximum absolute atomic E-state index is 12.1. The molecule has 2 aromatic rings. The molecule has 7 nitrogen and oxygen atoms in total. The van der Waals surface area contributed by atoms with Crippen molar-refractivity contribution in [3.05, 3.63) is 47.8 Å². The fourth-order valence-corrected chi connectivity index (χ4v) is 2.95. The van der Waals surface area contributed by atoms with E-state index >= 15 is 0 Å². The highest BCUT2D eigenvalue weighted by Gasteiger charge is 2.40. The van der Waals surface area contributed by atoms with E-state index in [0.29, 0.717) is 24.0 Å². The molecule has 2 aliphatic carbocycles. The summed E-state index contributed by atoms with van der Waals surface area (Å²) in [6.07, 6.45) is 6.15. The lowest BCUT2D eigenvalue weighted by Crippen LogP contribution is -2.28. The molecule has 4 rings (SSSR count). The van der Waals surface area contributed by atoms with E-state index in [2.05, 4.69) is 15.7 Å². The summed E-state index contributed by atoms with van der Waals surface area (Å²) in [6.45, 7) is 0.536. The van der Waals surface area contributed by atoms with Gasteiger partial charge in [0.05, 0.1) is 18.4 Å². The van der Waals surface area contributed by atoms with Crippen molar-refractivity contribution in [3.63, 3.8) is 0 Å². The quantitative estimate of drug-likeness (QED) is 0.835. The van der Waals surface area contributed by atoms with Crippen molar-refractivity contribution >= 4 is 17.7 Å². The average molecular weight is 354 g/mol. The summed E-state index contributed by atoms with van der Waals surface area (Å²) < 4.78 is 6.79. The molecule has 0 bridgehead atoms. The smallest absolute Gasteiger partial charge is 0.407 e. The largest absolute Gasteiger partial charge is 0.449 e. The number of nitrogens with zero attached hydrogens (tertiary/aromatic N) is 2.